The minimum atomic E-state index is -0.227. The Morgan fingerprint density at radius 1 is 1.27 bits per heavy atom. The lowest BCUT2D eigenvalue weighted by Gasteiger charge is -2.10. The van der Waals surface area contributed by atoms with E-state index in [1.165, 1.54) is 11.8 Å². The molecule has 7 nitrogen and oxygen atoms in total. The second-order valence-electron chi connectivity index (χ2n) is 7.29. The van der Waals surface area contributed by atoms with Gasteiger partial charge in [-0.3, -0.25) is 9.59 Å². The van der Waals surface area contributed by atoms with E-state index in [1.54, 1.807) is 24.3 Å². The van der Waals surface area contributed by atoms with Crippen LogP contribution in [0.25, 0.3) is 0 Å². The molecule has 0 radical (unpaired) electrons. The van der Waals surface area contributed by atoms with E-state index >= 15 is 0 Å². The minimum absolute atomic E-state index is 0.112. The molecular weight excluding hydrogens is 352 g/mol. The first-order valence-electron chi connectivity index (χ1n) is 8.49. The molecule has 1 aliphatic rings. The summed E-state index contributed by atoms with van der Waals surface area (Å²) < 4.78 is 5.55. The van der Waals surface area contributed by atoms with Crippen LogP contribution >= 0.6 is 11.8 Å². The van der Waals surface area contributed by atoms with Crippen LogP contribution in [0.1, 0.15) is 49.9 Å². The molecule has 0 bridgehead atoms. The third kappa shape index (κ3) is 5.08. The van der Waals surface area contributed by atoms with E-state index in [9.17, 15) is 9.59 Å². The molecule has 0 atom stereocenters. The van der Waals surface area contributed by atoms with Crippen molar-refractivity contribution in [1.82, 2.24) is 15.5 Å². The van der Waals surface area contributed by atoms with E-state index in [0.29, 0.717) is 28.4 Å². The highest BCUT2D eigenvalue weighted by Crippen LogP contribution is 2.25. The Balaban J connectivity index is 1.53. The zero-order valence-corrected chi connectivity index (χ0v) is 15.9. The number of thioether (sulfide) groups is 1. The number of aromatic nitrogens is 2. The number of amides is 2. The standard InChI is InChI=1S/C18H22N4O3S/c1-18(2,3)16-21-22-17(25-16)26-10-14(23)19-13-6-4-5-11(9-13)15(24)20-12-7-8-12/h4-6,9,12H,7-8,10H2,1-3H3,(H,19,23)(H,20,24). The molecule has 2 amide bonds. The third-order valence-corrected chi connectivity index (χ3v) is 4.51. The number of hydrogen-bond donors (Lipinski definition) is 2. The van der Waals surface area contributed by atoms with Gasteiger partial charge in [-0.2, -0.15) is 0 Å². The number of benzene rings is 1. The normalized spacial score (nSPS) is 14.1. The highest BCUT2D eigenvalue weighted by Gasteiger charge is 2.24. The Labute approximate surface area is 156 Å². The fourth-order valence-corrected chi connectivity index (χ4v) is 2.69. The molecule has 1 aliphatic carbocycles. The van der Waals surface area contributed by atoms with Gasteiger partial charge in [0.1, 0.15) is 0 Å². The van der Waals surface area contributed by atoms with Crippen molar-refractivity contribution in [2.75, 3.05) is 11.1 Å². The van der Waals surface area contributed by atoms with Crippen LogP contribution in [0.5, 0.6) is 0 Å². The van der Waals surface area contributed by atoms with Crippen molar-refractivity contribution in [3.63, 3.8) is 0 Å². The molecular formula is C18H22N4O3S. The highest BCUT2D eigenvalue weighted by atomic mass is 32.2. The summed E-state index contributed by atoms with van der Waals surface area (Å²) in [6.45, 7) is 5.94. The average Bonchev–Trinajstić information content (AvgIpc) is 3.25. The van der Waals surface area contributed by atoms with Crippen molar-refractivity contribution in [2.24, 2.45) is 0 Å². The van der Waals surface area contributed by atoms with E-state index < -0.39 is 0 Å². The zero-order chi connectivity index (χ0) is 18.7. The second-order valence-corrected chi connectivity index (χ2v) is 8.22. The van der Waals surface area contributed by atoms with Crippen molar-refractivity contribution in [1.29, 1.82) is 0 Å². The Morgan fingerprint density at radius 2 is 2.04 bits per heavy atom. The lowest BCUT2D eigenvalue weighted by molar-refractivity contribution is -0.113. The molecule has 2 aromatic rings. The SMILES string of the molecule is CC(C)(C)c1nnc(SCC(=O)Nc2cccc(C(=O)NC3CC3)c2)o1. The second kappa shape index (κ2) is 7.49. The molecule has 1 fully saturated rings. The number of hydrogen-bond acceptors (Lipinski definition) is 6. The fraction of sp³-hybridized carbons (Fsp3) is 0.444. The largest absolute Gasteiger partial charge is 0.415 e. The van der Waals surface area contributed by atoms with Crippen LogP contribution in [0.15, 0.2) is 33.9 Å². The molecule has 1 saturated carbocycles. The Kier molecular flexibility index (Phi) is 5.31. The number of carbonyl (C=O) groups is 2. The summed E-state index contributed by atoms with van der Waals surface area (Å²) in [6, 6.07) is 7.20. The van der Waals surface area contributed by atoms with Gasteiger partial charge in [-0.1, -0.05) is 38.6 Å². The molecule has 1 heterocycles. The maximum atomic E-state index is 12.1. The van der Waals surface area contributed by atoms with Gasteiger partial charge in [0.15, 0.2) is 0 Å². The average molecular weight is 374 g/mol. The summed E-state index contributed by atoms with van der Waals surface area (Å²) >= 11 is 1.18. The maximum absolute atomic E-state index is 12.1. The van der Waals surface area contributed by atoms with Crippen LogP contribution < -0.4 is 10.6 Å². The summed E-state index contributed by atoms with van der Waals surface area (Å²) in [6.07, 6.45) is 2.07. The van der Waals surface area contributed by atoms with Crippen molar-refractivity contribution in [2.45, 2.75) is 50.3 Å². The van der Waals surface area contributed by atoms with Crippen LogP contribution in [0.2, 0.25) is 0 Å². The van der Waals surface area contributed by atoms with E-state index in [1.807, 2.05) is 20.8 Å². The number of rotatable bonds is 6. The molecule has 8 heteroatoms. The van der Waals surface area contributed by atoms with Gasteiger partial charge in [0.05, 0.1) is 5.75 Å². The number of nitrogens with zero attached hydrogens (tertiary/aromatic N) is 2. The summed E-state index contributed by atoms with van der Waals surface area (Å²) in [5, 5.41) is 14.0. The first-order chi connectivity index (χ1) is 12.3. The zero-order valence-electron chi connectivity index (χ0n) is 15.0. The quantitative estimate of drug-likeness (QED) is 0.755. The first kappa shape index (κ1) is 18.4. The molecule has 3 rings (SSSR count). The number of nitrogens with one attached hydrogen (secondary N) is 2. The maximum Gasteiger partial charge on any atom is 0.277 e. The minimum Gasteiger partial charge on any atom is -0.415 e. The summed E-state index contributed by atoms with van der Waals surface area (Å²) in [7, 11) is 0. The number of carbonyl (C=O) groups excluding carboxylic acids is 2. The van der Waals surface area contributed by atoms with E-state index in [4.69, 9.17) is 4.42 Å². The molecule has 1 aromatic carbocycles. The van der Waals surface area contributed by atoms with Crippen LogP contribution in [0, 0.1) is 0 Å². The van der Waals surface area contributed by atoms with Gasteiger partial charge < -0.3 is 15.1 Å². The molecule has 26 heavy (non-hydrogen) atoms. The molecule has 0 unspecified atom stereocenters. The van der Waals surface area contributed by atoms with Crippen LogP contribution in [-0.2, 0) is 10.2 Å². The van der Waals surface area contributed by atoms with Gasteiger partial charge in [0.25, 0.3) is 11.1 Å². The molecule has 1 aromatic heterocycles. The van der Waals surface area contributed by atoms with Gasteiger partial charge in [-0.15, -0.1) is 10.2 Å². The van der Waals surface area contributed by atoms with E-state index in [2.05, 4.69) is 20.8 Å². The van der Waals surface area contributed by atoms with Crippen LogP contribution in [-0.4, -0.2) is 33.8 Å². The molecule has 2 N–H and O–H groups in total. The Morgan fingerprint density at radius 3 is 2.69 bits per heavy atom. The van der Waals surface area contributed by atoms with E-state index in [0.717, 1.165) is 12.8 Å². The van der Waals surface area contributed by atoms with Crippen molar-refractivity contribution in [3.8, 4) is 0 Å². The van der Waals surface area contributed by atoms with Gasteiger partial charge in [0, 0.05) is 22.7 Å². The lowest BCUT2D eigenvalue weighted by Crippen LogP contribution is -2.25. The predicted octanol–water partition coefficient (Wildman–Crippen LogP) is 2.99. The predicted molar refractivity (Wildman–Crippen MR) is 99.3 cm³/mol. The Bertz CT molecular complexity index is 809. The van der Waals surface area contributed by atoms with Crippen molar-refractivity contribution < 1.29 is 14.0 Å². The van der Waals surface area contributed by atoms with Crippen LogP contribution in [0.3, 0.4) is 0 Å². The first-order valence-corrected chi connectivity index (χ1v) is 9.47. The molecule has 138 valence electrons. The molecule has 0 spiro atoms. The molecule has 0 saturated heterocycles. The van der Waals surface area contributed by atoms with E-state index in [-0.39, 0.29) is 23.0 Å². The topological polar surface area (TPSA) is 97.1 Å². The van der Waals surface area contributed by atoms with Crippen molar-refractivity contribution in [3.05, 3.63) is 35.7 Å². The van der Waals surface area contributed by atoms with Crippen molar-refractivity contribution >= 4 is 29.3 Å². The lowest BCUT2D eigenvalue weighted by atomic mass is 9.97. The van der Waals surface area contributed by atoms with Gasteiger partial charge in [-0.25, -0.2) is 0 Å². The van der Waals surface area contributed by atoms with Gasteiger partial charge in [-0.05, 0) is 31.0 Å². The summed E-state index contributed by atoms with van der Waals surface area (Å²) in [4.78, 5) is 24.2. The van der Waals surface area contributed by atoms with Gasteiger partial charge >= 0.3 is 0 Å². The smallest absolute Gasteiger partial charge is 0.277 e. The summed E-state index contributed by atoms with van der Waals surface area (Å²) in [5.74, 6) is 0.364. The monoisotopic (exact) mass is 374 g/mol. The number of anilines is 1. The third-order valence-electron chi connectivity index (χ3n) is 3.70. The molecule has 0 aliphatic heterocycles. The summed E-state index contributed by atoms with van der Waals surface area (Å²) in [5.41, 5.74) is 0.893. The Hall–Kier alpha value is -2.35. The van der Waals surface area contributed by atoms with Gasteiger partial charge in [0.2, 0.25) is 11.8 Å². The highest BCUT2D eigenvalue weighted by molar-refractivity contribution is 7.99. The van der Waals surface area contributed by atoms with Crippen LogP contribution in [0.4, 0.5) is 5.69 Å². The fourth-order valence-electron chi connectivity index (χ4n) is 2.13.